The minimum absolute atomic E-state index is 0.0336. The molecule has 1 fully saturated rings. The van der Waals surface area contributed by atoms with Crippen LogP contribution in [0.4, 0.5) is 5.13 Å². The zero-order valence-electron chi connectivity index (χ0n) is 28.9. The molecule has 0 saturated carbocycles. The predicted molar refractivity (Wildman–Crippen MR) is 199 cm³/mol. The van der Waals surface area contributed by atoms with Gasteiger partial charge in [0.05, 0.1) is 6.20 Å². The second-order valence-corrected chi connectivity index (χ2v) is 17.2. The van der Waals surface area contributed by atoms with E-state index in [2.05, 4.69) is 25.0 Å². The van der Waals surface area contributed by atoms with E-state index in [0.717, 1.165) is 39.1 Å². The van der Waals surface area contributed by atoms with Crippen molar-refractivity contribution in [2.75, 3.05) is 17.2 Å². The number of nitrogens with one attached hydrogen (secondary N) is 1. The number of fused-ring (bicyclic) bond motifs is 1. The highest BCUT2D eigenvalue weighted by Crippen LogP contribution is 2.42. The van der Waals surface area contributed by atoms with Gasteiger partial charge in [0.15, 0.2) is 22.3 Å². The SMILES string of the molecule is CC(=O)Oc1ccc(SC(O/N=C(/C(=O)N[C@@H]2C(=O)N3C(C(=O)O)=C(CSc4cnns4)CS[C@H]23)c2csc(N)n2)C(=O)OC(C)(C)C)cc1OC(C)=O. The van der Waals surface area contributed by atoms with E-state index in [9.17, 15) is 33.9 Å². The van der Waals surface area contributed by atoms with E-state index in [4.69, 9.17) is 24.8 Å². The van der Waals surface area contributed by atoms with Crippen LogP contribution >= 0.6 is 58.2 Å². The van der Waals surface area contributed by atoms with Crippen molar-refractivity contribution in [3.8, 4) is 11.5 Å². The molecule has 0 radical (unpaired) electrons. The second kappa shape index (κ2) is 17.2. The standard InChI is InChI=1S/C31H31N7O11S5/c1-13(39)46-18-7-6-16(8-19(18)47-14(2)40)53-29(28(45)48-31(3,4)5)49-36-21(17-12-52-30(32)34-17)24(41)35-22-25(42)38-23(27(43)44)15(11-51-26(22)38)10-50-20-9-33-37-54-20/h6-9,12,22,26,29H,10-11H2,1-5H3,(H2,32,34)(H,35,41)(H,43,44)/b36-21+/t22-,26-,29?/m1/s1. The predicted octanol–water partition coefficient (Wildman–Crippen LogP) is 3.14. The van der Waals surface area contributed by atoms with Crippen molar-refractivity contribution in [2.24, 2.45) is 5.16 Å². The number of carboxylic acids is 1. The fourth-order valence-corrected chi connectivity index (χ4v) is 8.96. The monoisotopic (exact) mass is 837 g/mol. The molecule has 2 aromatic heterocycles. The van der Waals surface area contributed by atoms with Gasteiger partial charge in [0, 0.05) is 35.6 Å². The van der Waals surface area contributed by atoms with Crippen molar-refractivity contribution in [2.45, 2.75) is 66.2 Å². The van der Waals surface area contributed by atoms with E-state index in [1.165, 1.54) is 65.6 Å². The molecule has 18 nitrogen and oxygen atoms in total. The second-order valence-electron chi connectivity index (χ2n) is 12.0. The van der Waals surface area contributed by atoms with Crippen molar-refractivity contribution in [1.82, 2.24) is 24.8 Å². The van der Waals surface area contributed by atoms with Crippen LogP contribution in [-0.2, 0) is 38.3 Å². The maximum Gasteiger partial charge on any atom is 0.361 e. The van der Waals surface area contributed by atoms with Crippen LogP contribution in [0.25, 0.3) is 0 Å². The minimum Gasteiger partial charge on any atom is -0.477 e. The maximum atomic E-state index is 13.8. The van der Waals surface area contributed by atoms with E-state index in [1.807, 2.05) is 0 Å². The number of thioether (sulfide) groups is 3. The van der Waals surface area contributed by atoms with Crippen LogP contribution in [0.15, 0.2) is 55.3 Å². The van der Waals surface area contributed by atoms with E-state index in [-0.39, 0.29) is 38.7 Å². The van der Waals surface area contributed by atoms with Gasteiger partial charge in [0.1, 0.15) is 32.6 Å². The third kappa shape index (κ3) is 10.1. The number of aliphatic carboxylic acids is 1. The number of oxime groups is 1. The molecule has 1 saturated heterocycles. The Kier molecular flexibility index (Phi) is 12.9. The molecule has 54 heavy (non-hydrogen) atoms. The minimum atomic E-state index is -1.57. The number of β-lactam (4-membered cyclic amide) rings is 1. The first-order chi connectivity index (χ1) is 25.5. The molecule has 1 unspecified atom stereocenters. The molecule has 2 aliphatic rings. The number of ether oxygens (including phenoxy) is 3. The number of hydrogen-bond donors (Lipinski definition) is 3. The Balaban J connectivity index is 1.39. The summed E-state index contributed by atoms with van der Waals surface area (Å²) in [6.07, 6.45) is 1.56. The average Bonchev–Trinajstić information content (AvgIpc) is 3.77. The number of rotatable bonds is 14. The lowest BCUT2D eigenvalue weighted by Gasteiger charge is -2.49. The third-order valence-corrected chi connectivity index (χ3v) is 11.7. The lowest BCUT2D eigenvalue weighted by Crippen LogP contribution is -2.71. The highest BCUT2D eigenvalue weighted by molar-refractivity contribution is 8.02. The van der Waals surface area contributed by atoms with Gasteiger partial charge in [-0.25, -0.2) is 14.6 Å². The first kappa shape index (κ1) is 40.5. The molecule has 2 amide bonds. The van der Waals surface area contributed by atoms with Gasteiger partial charge in [-0.05, 0) is 56.1 Å². The number of nitrogen functional groups attached to an aromatic ring is 1. The normalized spacial score (nSPS) is 17.5. The Morgan fingerprint density at radius 2 is 1.87 bits per heavy atom. The summed E-state index contributed by atoms with van der Waals surface area (Å²) < 4.78 is 20.4. The largest absolute Gasteiger partial charge is 0.477 e. The number of anilines is 1. The van der Waals surface area contributed by atoms with Gasteiger partial charge in [0.25, 0.3) is 17.3 Å². The van der Waals surface area contributed by atoms with Crippen molar-refractivity contribution >= 4 is 105 Å². The zero-order valence-corrected chi connectivity index (χ0v) is 33.0. The lowest BCUT2D eigenvalue weighted by molar-refractivity contribution is -0.162. The van der Waals surface area contributed by atoms with Crippen LogP contribution in [-0.4, -0.2) is 99.9 Å². The summed E-state index contributed by atoms with van der Waals surface area (Å²) in [4.78, 5) is 87.5. The molecule has 2 aliphatic heterocycles. The molecule has 3 atom stereocenters. The quantitative estimate of drug-likeness (QED) is 0.0401. The highest BCUT2D eigenvalue weighted by Gasteiger charge is 2.54. The summed E-state index contributed by atoms with van der Waals surface area (Å²) in [5.74, 6) is -4.71. The van der Waals surface area contributed by atoms with Crippen LogP contribution in [0.5, 0.6) is 11.5 Å². The molecule has 0 aliphatic carbocycles. The fraction of sp³-hybridized carbons (Fsp3) is 0.355. The van der Waals surface area contributed by atoms with Crippen LogP contribution in [0.1, 0.15) is 40.3 Å². The summed E-state index contributed by atoms with van der Waals surface area (Å²) >= 11 is 5.56. The molecule has 1 aromatic carbocycles. The Bertz CT molecular complexity index is 2030. The maximum absolute atomic E-state index is 13.8. The summed E-state index contributed by atoms with van der Waals surface area (Å²) in [7, 11) is 0. The van der Waals surface area contributed by atoms with Gasteiger partial charge >= 0.3 is 23.9 Å². The zero-order chi connectivity index (χ0) is 39.3. The summed E-state index contributed by atoms with van der Waals surface area (Å²) in [5.41, 5.74) is 3.20. The molecule has 0 bridgehead atoms. The number of amides is 2. The van der Waals surface area contributed by atoms with E-state index < -0.39 is 63.9 Å². The Morgan fingerprint density at radius 1 is 1.15 bits per heavy atom. The average molecular weight is 838 g/mol. The molecule has 23 heteroatoms. The number of nitrogens with zero attached hydrogens (tertiary/aromatic N) is 5. The number of carboxylic acid groups (broad SMARTS) is 1. The van der Waals surface area contributed by atoms with Crippen molar-refractivity contribution in [3.05, 3.63) is 46.7 Å². The van der Waals surface area contributed by atoms with Crippen LogP contribution in [0.3, 0.4) is 0 Å². The van der Waals surface area contributed by atoms with Crippen LogP contribution in [0, 0.1) is 0 Å². The number of esters is 3. The van der Waals surface area contributed by atoms with Gasteiger partial charge in [0.2, 0.25) is 0 Å². The molecular weight excluding hydrogens is 807 g/mol. The first-order valence-electron chi connectivity index (χ1n) is 15.5. The number of hydrogen-bond acceptors (Lipinski definition) is 20. The van der Waals surface area contributed by atoms with Crippen molar-refractivity contribution < 1.29 is 52.9 Å². The molecule has 5 rings (SSSR count). The van der Waals surface area contributed by atoms with Crippen LogP contribution in [0.2, 0.25) is 0 Å². The Morgan fingerprint density at radius 3 is 2.48 bits per heavy atom. The topological polar surface area (TPSA) is 252 Å². The van der Waals surface area contributed by atoms with E-state index >= 15 is 0 Å². The van der Waals surface area contributed by atoms with Crippen molar-refractivity contribution in [3.63, 3.8) is 0 Å². The first-order valence-corrected chi connectivity index (χ1v) is 20.0. The molecule has 4 heterocycles. The van der Waals surface area contributed by atoms with Gasteiger partial charge in [-0.2, -0.15) is 0 Å². The summed E-state index contributed by atoms with van der Waals surface area (Å²) in [6, 6.07) is 3.01. The lowest BCUT2D eigenvalue weighted by atomic mass is 10.0. The third-order valence-electron chi connectivity index (χ3n) is 6.75. The molecule has 4 N–H and O–H groups in total. The Hall–Kier alpha value is -4.71. The van der Waals surface area contributed by atoms with Gasteiger partial charge in [-0.15, -0.1) is 40.0 Å². The van der Waals surface area contributed by atoms with Gasteiger partial charge in [-0.1, -0.05) is 21.4 Å². The van der Waals surface area contributed by atoms with Crippen LogP contribution < -0.4 is 20.5 Å². The molecule has 286 valence electrons. The number of thiazole rings is 1. The number of benzene rings is 1. The number of carbonyl (C=O) groups excluding carboxylic acids is 5. The van der Waals surface area contributed by atoms with Gasteiger partial charge < -0.3 is 35.2 Å². The molecule has 3 aromatic rings. The molecular formula is C31H31N7O11S5. The van der Waals surface area contributed by atoms with E-state index in [1.54, 1.807) is 27.0 Å². The summed E-state index contributed by atoms with van der Waals surface area (Å²) in [5, 5.41) is 21.2. The van der Waals surface area contributed by atoms with Gasteiger partial charge in [-0.3, -0.25) is 24.1 Å². The summed E-state index contributed by atoms with van der Waals surface area (Å²) in [6.45, 7) is 7.22. The number of aromatic nitrogens is 3. The fourth-order valence-electron chi connectivity index (χ4n) is 4.71. The van der Waals surface area contributed by atoms with E-state index in [0.29, 0.717) is 11.3 Å². The molecule has 0 spiro atoms. The Labute approximate surface area is 327 Å². The number of carbonyl (C=O) groups is 6. The smallest absolute Gasteiger partial charge is 0.361 e. The van der Waals surface area contributed by atoms with Crippen molar-refractivity contribution in [1.29, 1.82) is 0 Å². The highest BCUT2D eigenvalue weighted by atomic mass is 32.2. The number of nitrogens with two attached hydrogens (primary N) is 1.